The van der Waals surface area contributed by atoms with Crippen LogP contribution < -0.4 is 5.32 Å². The zero-order valence-corrected chi connectivity index (χ0v) is 9.90. The Morgan fingerprint density at radius 3 is 3.18 bits per heavy atom. The van der Waals surface area contributed by atoms with Crippen molar-refractivity contribution in [2.45, 2.75) is 25.6 Å². The first-order valence-electron chi connectivity index (χ1n) is 5.77. The number of rotatable bonds is 5. The van der Waals surface area contributed by atoms with Crippen LogP contribution in [0, 0.1) is 0 Å². The quantitative estimate of drug-likeness (QED) is 0.842. The molecule has 1 N–H and O–H groups in total. The third kappa shape index (κ3) is 3.31. The van der Waals surface area contributed by atoms with E-state index in [9.17, 15) is 4.79 Å². The minimum Gasteiger partial charge on any atom is -0.453 e. The highest BCUT2D eigenvalue weighted by atomic mass is 16.5. The lowest BCUT2D eigenvalue weighted by molar-refractivity contribution is 0.0829. The molecule has 0 aromatic carbocycles. The van der Waals surface area contributed by atoms with Gasteiger partial charge in [-0.15, -0.1) is 0 Å². The molecule has 2 rings (SSSR count). The Bertz CT molecular complexity index is 368. The van der Waals surface area contributed by atoms with Gasteiger partial charge in [-0.1, -0.05) is 0 Å². The molecule has 1 aromatic rings. The predicted octanol–water partition coefficient (Wildman–Crippen LogP) is 1.33. The molecule has 5 heteroatoms. The smallest absolute Gasteiger partial charge is 0.287 e. The molecule has 0 aliphatic carbocycles. The maximum absolute atomic E-state index is 11.7. The van der Waals surface area contributed by atoms with Gasteiger partial charge in [-0.25, -0.2) is 0 Å². The summed E-state index contributed by atoms with van der Waals surface area (Å²) in [4.78, 5) is 11.7. The van der Waals surface area contributed by atoms with Crippen LogP contribution in [0.2, 0.25) is 0 Å². The van der Waals surface area contributed by atoms with Crippen molar-refractivity contribution in [2.24, 2.45) is 0 Å². The molecule has 0 spiro atoms. The highest BCUT2D eigenvalue weighted by molar-refractivity contribution is 5.91. The summed E-state index contributed by atoms with van der Waals surface area (Å²) in [7, 11) is 1.58. The molecule has 1 fully saturated rings. The van der Waals surface area contributed by atoms with E-state index in [1.807, 2.05) is 0 Å². The standard InChI is InChI=1S/C12H17NO4/c1-15-8-10-4-5-11(17-10)12(14)13-7-9-3-2-6-16-9/h4-5,9H,2-3,6-8H2,1H3,(H,13,14). The third-order valence-electron chi connectivity index (χ3n) is 2.69. The molecule has 2 heterocycles. The van der Waals surface area contributed by atoms with Crippen LogP contribution in [-0.4, -0.2) is 32.3 Å². The molecular weight excluding hydrogens is 222 g/mol. The summed E-state index contributed by atoms with van der Waals surface area (Å²) in [5.41, 5.74) is 0. The molecule has 0 radical (unpaired) electrons. The normalized spacial score (nSPS) is 19.5. The van der Waals surface area contributed by atoms with Crippen molar-refractivity contribution in [1.82, 2.24) is 5.32 Å². The Balaban J connectivity index is 1.81. The summed E-state index contributed by atoms with van der Waals surface area (Å²) >= 11 is 0. The summed E-state index contributed by atoms with van der Waals surface area (Å²) < 4.78 is 15.7. The van der Waals surface area contributed by atoms with E-state index < -0.39 is 0 Å². The fourth-order valence-electron chi connectivity index (χ4n) is 1.82. The first-order chi connectivity index (χ1) is 8.29. The molecule has 0 saturated carbocycles. The summed E-state index contributed by atoms with van der Waals surface area (Å²) in [6.45, 7) is 1.71. The Morgan fingerprint density at radius 1 is 1.59 bits per heavy atom. The van der Waals surface area contributed by atoms with Gasteiger partial charge in [0.25, 0.3) is 5.91 Å². The van der Waals surface area contributed by atoms with Gasteiger partial charge in [0.15, 0.2) is 5.76 Å². The number of amides is 1. The third-order valence-corrected chi connectivity index (χ3v) is 2.69. The number of hydrogen-bond acceptors (Lipinski definition) is 4. The van der Waals surface area contributed by atoms with Crippen LogP contribution in [0.5, 0.6) is 0 Å². The monoisotopic (exact) mass is 239 g/mol. The molecule has 1 saturated heterocycles. The maximum atomic E-state index is 11.7. The van der Waals surface area contributed by atoms with Crippen LogP contribution in [0.25, 0.3) is 0 Å². The molecule has 1 amide bonds. The number of furan rings is 1. The molecule has 1 aliphatic rings. The van der Waals surface area contributed by atoms with E-state index in [0.717, 1.165) is 19.4 Å². The fourth-order valence-corrected chi connectivity index (χ4v) is 1.82. The molecule has 1 atom stereocenters. The van der Waals surface area contributed by atoms with Crippen LogP contribution in [-0.2, 0) is 16.1 Å². The lowest BCUT2D eigenvalue weighted by atomic mass is 10.2. The first kappa shape index (κ1) is 12.1. The van der Waals surface area contributed by atoms with Gasteiger partial charge in [-0.2, -0.15) is 0 Å². The number of hydrogen-bond donors (Lipinski definition) is 1. The second kappa shape index (κ2) is 5.84. The van der Waals surface area contributed by atoms with Crippen molar-refractivity contribution in [3.63, 3.8) is 0 Å². The fraction of sp³-hybridized carbons (Fsp3) is 0.583. The predicted molar refractivity (Wildman–Crippen MR) is 60.7 cm³/mol. The van der Waals surface area contributed by atoms with Gasteiger partial charge in [-0.05, 0) is 25.0 Å². The average Bonchev–Trinajstić information content (AvgIpc) is 2.97. The molecular formula is C12H17NO4. The van der Waals surface area contributed by atoms with Crippen LogP contribution >= 0.6 is 0 Å². The lowest BCUT2D eigenvalue weighted by Crippen LogP contribution is -2.31. The highest BCUT2D eigenvalue weighted by Crippen LogP contribution is 2.12. The second-order valence-electron chi connectivity index (χ2n) is 4.04. The zero-order valence-electron chi connectivity index (χ0n) is 9.90. The summed E-state index contributed by atoms with van der Waals surface area (Å²) in [5.74, 6) is 0.757. The van der Waals surface area contributed by atoms with Gasteiger partial charge >= 0.3 is 0 Å². The van der Waals surface area contributed by atoms with E-state index in [0.29, 0.717) is 24.7 Å². The van der Waals surface area contributed by atoms with Crippen molar-refractivity contribution >= 4 is 5.91 Å². The largest absolute Gasteiger partial charge is 0.453 e. The molecule has 5 nitrogen and oxygen atoms in total. The van der Waals surface area contributed by atoms with Crippen molar-refractivity contribution in [1.29, 1.82) is 0 Å². The Hall–Kier alpha value is -1.33. The topological polar surface area (TPSA) is 60.7 Å². The van der Waals surface area contributed by atoms with Gasteiger partial charge in [0.2, 0.25) is 0 Å². The van der Waals surface area contributed by atoms with E-state index >= 15 is 0 Å². The van der Waals surface area contributed by atoms with Gasteiger partial charge in [0, 0.05) is 20.3 Å². The van der Waals surface area contributed by atoms with Crippen LogP contribution in [0.3, 0.4) is 0 Å². The maximum Gasteiger partial charge on any atom is 0.287 e. The number of nitrogens with one attached hydrogen (secondary N) is 1. The van der Waals surface area contributed by atoms with E-state index in [4.69, 9.17) is 13.9 Å². The van der Waals surface area contributed by atoms with Crippen molar-refractivity contribution in [3.8, 4) is 0 Å². The molecule has 1 aromatic heterocycles. The molecule has 17 heavy (non-hydrogen) atoms. The minimum atomic E-state index is -0.206. The summed E-state index contributed by atoms with van der Waals surface area (Å²) in [5, 5.41) is 2.80. The number of carbonyl (C=O) groups is 1. The lowest BCUT2D eigenvalue weighted by Gasteiger charge is -2.09. The number of methoxy groups -OCH3 is 1. The van der Waals surface area contributed by atoms with Crippen molar-refractivity contribution in [3.05, 3.63) is 23.7 Å². The van der Waals surface area contributed by atoms with Gasteiger partial charge < -0.3 is 19.2 Å². The van der Waals surface area contributed by atoms with E-state index in [2.05, 4.69) is 5.32 Å². The van der Waals surface area contributed by atoms with E-state index in [1.54, 1.807) is 19.2 Å². The van der Waals surface area contributed by atoms with Crippen LogP contribution in [0.4, 0.5) is 0 Å². The first-order valence-corrected chi connectivity index (χ1v) is 5.77. The Kier molecular flexibility index (Phi) is 4.17. The average molecular weight is 239 g/mol. The SMILES string of the molecule is COCc1ccc(C(=O)NCC2CCCO2)o1. The van der Waals surface area contributed by atoms with Crippen LogP contribution in [0.15, 0.2) is 16.5 Å². The highest BCUT2D eigenvalue weighted by Gasteiger charge is 2.17. The second-order valence-corrected chi connectivity index (χ2v) is 4.04. The summed E-state index contributed by atoms with van der Waals surface area (Å²) in [6.07, 6.45) is 2.22. The molecule has 1 aliphatic heterocycles. The van der Waals surface area contributed by atoms with E-state index in [1.165, 1.54) is 0 Å². The van der Waals surface area contributed by atoms with Gasteiger partial charge in [-0.3, -0.25) is 4.79 Å². The number of carbonyl (C=O) groups excluding carboxylic acids is 1. The van der Waals surface area contributed by atoms with Gasteiger partial charge in [0.05, 0.1) is 6.10 Å². The zero-order chi connectivity index (χ0) is 12.1. The molecule has 0 bridgehead atoms. The summed E-state index contributed by atoms with van der Waals surface area (Å²) in [6, 6.07) is 3.39. The van der Waals surface area contributed by atoms with Gasteiger partial charge in [0.1, 0.15) is 12.4 Å². The van der Waals surface area contributed by atoms with Crippen molar-refractivity contribution in [2.75, 3.05) is 20.3 Å². The Labute approximate surface area is 100 Å². The molecule has 94 valence electrons. The minimum absolute atomic E-state index is 0.146. The van der Waals surface area contributed by atoms with Crippen molar-refractivity contribution < 1.29 is 18.7 Å². The molecule has 1 unspecified atom stereocenters. The number of ether oxygens (including phenoxy) is 2. The Morgan fingerprint density at radius 2 is 2.47 bits per heavy atom. The van der Waals surface area contributed by atoms with Crippen LogP contribution in [0.1, 0.15) is 29.2 Å². The van der Waals surface area contributed by atoms with E-state index in [-0.39, 0.29) is 12.0 Å².